The molecular formula is C16H10N4O2S. The van der Waals surface area contributed by atoms with Gasteiger partial charge in [0.1, 0.15) is 11.2 Å². The number of thiazole rings is 1. The number of amides is 1. The molecule has 6 nitrogen and oxygen atoms in total. The van der Waals surface area contributed by atoms with E-state index in [-0.39, 0.29) is 5.91 Å². The van der Waals surface area contributed by atoms with Gasteiger partial charge in [-0.05, 0) is 30.3 Å². The molecule has 4 rings (SSSR count). The second kappa shape index (κ2) is 5.62. The fraction of sp³-hybridized carbons (Fsp3) is 0. The van der Waals surface area contributed by atoms with Crippen molar-refractivity contribution in [2.45, 2.75) is 0 Å². The van der Waals surface area contributed by atoms with E-state index in [1.165, 1.54) is 17.7 Å². The number of rotatable bonds is 3. The SMILES string of the molecule is O=C(Nc1nc(-c2ccccn2)cs1)c1ccc2ocnc2c1. The summed E-state index contributed by atoms with van der Waals surface area (Å²) in [5.41, 5.74) is 3.30. The maximum Gasteiger partial charge on any atom is 0.257 e. The van der Waals surface area contributed by atoms with Gasteiger partial charge in [-0.3, -0.25) is 15.1 Å². The number of hydrogen-bond donors (Lipinski definition) is 1. The second-order valence-corrected chi connectivity index (χ2v) is 5.60. The summed E-state index contributed by atoms with van der Waals surface area (Å²) in [7, 11) is 0. The van der Waals surface area contributed by atoms with Crippen LogP contribution in [-0.2, 0) is 0 Å². The van der Waals surface area contributed by atoms with E-state index in [1.54, 1.807) is 24.4 Å². The Bertz CT molecular complexity index is 978. The summed E-state index contributed by atoms with van der Waals surface area (Å²) in [5.74, 6) is -0.239. The van der Waals surface area contributed by atoms with E-state index < -0.39 is 0 Å². The Labute approximate surface area is 134 Å². The van der Waals surface area contributed by atoms with Crippen molar-refractivity contribution in [3.8, 4) is 11.4 Å². The van der Waals surface area contributed by atoms with Crippen molar-refractivity contribution in [1.29, 1.82) is 0 Å². The molecule has 0 fully saturated rings. The summed E-state index contributed by atoms with van der Waals surface area (Å²) in [6.07, 6.45) is 3.06. The van der Waals surface area contributed by atoms with Gasteiger partial charge in [0, 0.05) is 17.1 Å². The van der Waals surface area contributed by atoms with Gasteiger partial charge in [-0.15, -0.1) is 11.3 Å². The minimum atomic E-state index is -0.239. The van der Waals surface area contributed by atoms with Crippen LogP contribution in [0.25, 0.3) is 22.5 Å². The van der Waals surface area contributed by atoms with Gasteiger partial charge in [0.15, 0.2) is 17.1 Å². The van der Waals surface area contributed by atoms with Gasteiger partial charge in [0.25, 0.3) is 5.91 Å². The highest BCUT2D eigenvalue weighted by molar-refractivity contribution is 7.14. The average Bonchev–Trinajstić information content (AvgIpc) is 3.24. The molecule has 3 heterocycles. The first kappa shape index (κ1) is 13.6. The van der Waals surface area contributed by atoms with Crippen molar-refractivity contribution in [3.63, 3.8) is 0 Å². The largest absolute Gasteiger partial charge is 0.443 e. The molecule has 0 aliphatic heterocycles. The molecule has 4 aromatic rings. The highest BCUT2D eigenvalue weighted by Crippen LogP contribution is 2.24. The zero-order chi connectivity index (χ0) is 15.6. The first-order valence-corrected chi connectivity index (χ1v) is 7.69. The van der Waals surface area contributed by atoms with Crippen LogP contribution in [0.4, 0.5) is 5.13 Å². The van der Waals surface area contributed by atoms with Gasteiger partial charge in [-0.25, -0.2) is 9.97 Å². The molecule has 0 atom stereocenters. The molecule has 7 heteroatoms. The van der Waals surface area contributed by atoms with Gasteiger partial charge >= 0.3 is 0 Å². The number of carbonyl (C=O) groups excluding carboxylic acids is 1. The lowest BCUT2D eigenvalue weighted by atomic mass is 10.2. The molecular weight excluding hydrogens is 312 g/mol. The van der Waals surface area contributed by atoms with Crippen molar-refractivity contribution in [2.75, 3.05) is 5.32 Å². The van der Waals surface area contributed by atoms with E-state index in [9.17, 15) is 4.79 Å². The Morgan fingerprint density at radius 1 is 1.13 bits per heavy atom. The van der Waals surface area contributed by atoms with Crippen LogP contribution in [0.2, 0.25) is 0 Å². The number of nitrogens with one attached hydrogen (secondary N) is 1. The van der Waals surface area contributed by atoms with E-state index in [0.717, 1.165) is 11.4 Å². The van der Waals surface area contributed by atoms with Crippen molar-refractivity contribution in [2.24, 2.45) is 0 Å². The Morgan fingerprint density at radius 3 is 2.96 bits per heavy atom. The van der Waals surface area contributed by atoms with Gasteiger partial charge in [-0.1, -0.05) is 6.07 Å². The quantitative estimate of drug-likeness (QED) is 0.623. The fourth-order valence-corrected chi connectivity index (χ4v) is 2.83. The lowest BCUT2D eigenvalue weighted by Gasteiger charge is -2.01. The lowest BCUT2D eigenvalue weighted by molar-refractivity contribution is 0.102. The Kier molecular flexibility index (Phi) is 3.32. The molecule has 112 valence electrons. The highest BCUT2D eigenvalue weighted by Gasteiger charge is 2.12. The minimum Gasteiger partial charge on any atom is -0.443 e. The number of pyridine rings is 1. The molecule has 0 radical (unpaired) electrons. The van der Waals surface area contributed by atoms with Crippen LogP contribution < -0.4 is 5.32 Å². The molecule has 0 spiro atoms. The molecule has 0 aliphatic rings. The maximum absolute atomic E-state index is 12.3. The Balaban J connectivity index is 1.55. The number of nitrogens with zero attached hydrogens (tertiary/aromatic N) is 3. The number of carbonyl (C=O) groups is 1. The smallest absolute Gasteiger partial charge is 0.257 e. The summed E-state index contributed by atoms with van der Waals surface area (Å²) >= 11 is 1.36. The topological polar surface area (TPSA) is 80.9 Å². The zero-order valence-corrected chi connectivity index (χ0v) is 12.6. The summed E-state index contributed by atoms with van der Waals surface area (Å²) in [4.78, 5) is 25.0. The average molecular weight is 322 g/mol. The van der Waals surface area contributed by atoms with Crippen LogP contribution in [0.5, 0.6) is 0 Å². The summed E-state index contributed by atoms with van der Waals surface area (Å²) in [6, 6.07) is 10.7. The third-order valence-electron chi connectivity index (χ3n) is 3.24. The molecule has 3 aromatic heterocycles. The number of aromatic nitrogens is 3. The van der Waals surface area contributed by atoms with E-state index >= 15 is 0 Å². The van der Waals surface area contributed by atoms with E-state index in [0.29, 0.717) is 21.8 Å². The standard InChI is InChI=1S/C16H10N4O2S/c21-15(10-4-5-14-12(7-10)18-9-22-14)20-16-19-13(8-23-16)11-3-1-2-6-17-11/h1-9H,(H,19,20,21). The number of fused-ring (bicyclic) bond motifs is 1. The summed E-state index contributed by atoms with van der Waals surface area (Å²) in [5, 5.41) is 5.17. The number of benzene rings is 1. The molecule has 1 N–H and O–H groups in total. The van der Waals surface area contributed by atoms with E-state index in [4.69, 9.17) is 4.42 Å². The van der Waals surface area contributed by atoms with Crippen LogP contribution in [0.15, 0.2) is 58.8 Å². The molecule has 0 saturated carbocycles. The Hall–Kier alpha value is -3.06. The van der Waals surface area contributed by atoms with Crippen molar-refractivity contribution < 1.29 is 9.21 Å². The molecule has 1 aromatic carbocycles. The van der Waals surface area contributed by atoms with Crippen molar-refractivity contribution in [3.05, 3.63) is 59.9 Å². The molecule has 0 saturated heterocycles. The van der Waals surface area contributed by atoms with Gasteiger partial charge in [-0.2, -0.15) is 0 Å². The normalized spacial score (nSPS) is 10.8. The number of anilines is 1. The number of hydrogen-bond acceptors (Lipinski definition) is 6. The molecule has 0 aliphatic carbocycles. The fourth-order valence-electron chi connectivity index (χ4n) is 2.13. The van der Waals surface area contributed by atoms with Crippen LogP contribution in [0.3, 0.4) is 0 Å². The molecule has 1 amide bonds. The van der Waals surface area contributed by atoms with Gasteiger partial charge in [0.05, 0.1) is 5.69 Å². The third kappa shape index (κ3) is 2.69. The lowest BCUT2D eigenvalue weighted by Crippen LogP contribution is -2.11. The minimum absolute atomic E-state index is 0.239. The first-order chi connectivity index (χ1) is 11.3. The maximum atomic E-state index is 12.3. The van der Waals surface area contributed by atoms with Crippen molar-refractivity contribution >= 4 is 33.5 Å². The molecule has 23 heavy (non-hydrogen) atoms. The van der Waals surface area contributed by atoms with Gasteiger partial charge in [0.2, 0.25) is 0 Å². The third-order valence-corrected chi connectivity index (χ3v) is 4.00. The zero-order valence-electron chi connectivity index (χ0n) is 11.8. The van der Waals surface area contributed by atoms with Crippen LogP contribution in [0.1, 0.15) is 10.4 Å². The predicted molar refractivity (Wildman–Crippen MR) is 87.3 cm³/mol. The van der Waals surface area contributed by atoms with Crippen LogP contribution in [0, 0.1) is 0 Å². The van der Waals surface area contributed by atoms with Gasteiger partial charge < -0.3 is 4.42 Å². The van der Waals surface area contributed by atoms with Crippen molar-refractivity contribution in [1.82, 2.24) is 15.0 Å². The Morgan fingerprint density at radius 2 is 2.09 bits per heavy atom. The predicted octanol–water partition coefficient (Wildman–Crippen LogP) is 3.60. The second-order valence-electron chi connectivity index (χ2n) is 4.74. The van der Waals surface area contributed by atoms with Crippen LogP contribution in [-0.4, -0.2) is 20.9 Å². The highest BCUT2D eigenvalue weighted by atomic mass is 32.1. The molecule has 0 unspecified atom stereocenters. The van der Waals surface area contributed by atoms with E-state index in [1.807, 2.05) is 23.6 Å². The van der Waals surface area contributed by atoms with Crippen LogP contribution >= 0.6 is 11.3 Å². The monoisotopic (exact) mass is 322 g/mol. The first-order valence-electron chi connectivity index (χ1n) is 6.81. The summed E-state index contributed by atoms with van der Waals surface area (Å²) < 4.78 is 5.16. The van der Waals surface area contributed by atoms with E-state index in [2.05, 4.69) is 20.3 Å². The number of oxazole rings is 1. The summed E-state index contributed by atoms with van der Waals surface area (Å²) in [6.45, 7) is 0. The molecule has 0 bridgehead atoms.